The van der Waals surface area contributed by atoms with Crippen molar-refractivity contribution in [3.63, 3.8) is 0 Å². The Morgan fingerprint density at radius 2 is 1.78 bits per heavy atom. The first-order chi connectivity index (χ1) is 13.2. The summed E-state index contributed by atoms with van der Waals surface area (Å²) in [5.74, 6) is 0.991. The van der Waals surface area contributed by atoms with Crippen LogP contribution >= 0.6 is 0 Å². The van der Waals surface area contributed by atoms with Crippen LogP contribution in [0.3, 0.4) is 0 Å². The van der Waals surface area contributed by atoms with Crippen LogP contribution < -0.4 is 4.90 Å². The summed E-state index contributed by atoms with van der Waals surface area (Å²) in [6, 6.07) is 1.82. The molecule has 0 N–H and O–H groups in total. The summed E-state index contributed by atoms with van der Waals surface area (Å²) >= 11 is 0. The summed E-state index contributed by atoms with van der Waals surface area (Å²) in [7, 11) is 0. The number of carbonyl (C=O) groups is 1. The standard InChI is InChI=1S/C18H26N8O/c27-16(24-9-11-25(12-10-24)17-19-7-4-8-20-17)13-18(5-2-1-3-6-18)14-26-15-21-22-23-26/h4,7-8,15H,1-3,5-6,9-14H2. The highest BCUT2D eigenvalue weighted by molar-refractivity contribution is 5.77. The van der Waals surface area contributed by atoms with E-state index in [-0.39, 0.29) is 11.3 Å². The first-order valence-corrected chi connectivity index (χ1v) is 9.75. The van der Waals surface area contributed by atoms with E-state index in [1.165, 1.54) is 19.3 Å². The molecule has 4 rings (SSSR count). The van der Waals surface area contributed by atoms with Crippen LogP contribution in [-0.4, -0.2) is 67.2 Å². The highest BCUT2D eigenvalue weighted by atomic mass is 16.2. The molecule has 2 aromatic rings. The maximum absolute atomic E-state index is 13.1. The van der Waals surface area contributed by atoms with Gasteiger partial charge in [0.1, 0.15) is 6.33 Å². The SMILES string of the molecule is O=C(CC1(Cn2cnnn2)CCCCC1)N1CCN(c2ncccn2)CC1. The molecule has 144 valence electrons. The summed E-state index contributed by atoms with van der Waals surface area (Å²) in [6.45, 7) is 3.71. The fourth-order valence-electron chi connectivity index (χ4n) is 4.33. The second-order valence-electron chi connectivity index (χ2n) is 7.66. The summed E-state index contributed by atoms with van der Waals surface area (Å²) in [6.07, 6.45) is 11.5. The van der Waals surface area contributed by atoms with E-state index in [0.29, 0.717) is 6.42 Å². The van der Waals surface area contributed by atoms with E-state index in [1.807, 2.05) is 11.0 Å². The molecule has 1 saturated heterocycles. The average Bonchev–Trinajstić information content (AvgIpc) is 3.22. The second-order valence-corrected chi connectivity index (χ2v) is 7.66. The molecule has 27 heavy (non-hydrogen) atoms. The van der Waals surface area contributed by atoms with Crippen LogP contribution in [0.4, 0.5) is 5.95 Å². The Morgan fingerprint density at radius 1 is 1.04 bits per heavy atom. The Kier molecular flexibility index (Phi) is 5.26. The summed E-state index contributed by atoms with van der Waals surface area (Å²) < 4.78 is 1.78. The summed E-state index contributed by atoms with van der Waals surface area (Å²) in [5, 5.41) is 11.5. The van der Waals surface area contributed by atoms with E-state index in [2.05, 4.69) is 30.4 Å². The van der Waals surface area contributed by atoms with Gasteiger partial charge in [0.05, 0.1) is 6.54 Å². The molecule has 2 aliphatic rings. The van der Waals surface area contributed by atoms with Crippen LogP contribution in [0.5, 0.6) is 0 Å². The van der Waals surface area contributed by atoms with Crippen molar-refractivity contribution < 1.29 is 4.79 Å². The molecule has 0 spiro atoms. The van der Waals surface area contributed by atoms with Crippen LogP contribution in [0.15, 0.2) is 24.8 Å². The topological polar surface area (TPSA) is 92.9 Å². The van der Waals surface area contributed by atoms with Gasteiger partial charge in [-0.05, 0) is 34.7 Å². The Labute approximate surface area is 158 Å². The third kappa shape index (κ3) is 4.23. The first-order valence-electron chi connectivity index (χ1n) is 9.75. The van der Waals surface area contributed by atoms with Crippen molar-refractivity contribution in [3.05, 3.63) is 24.8 Å². The fraction of sp³-hybridized carbons (Fsp3) is 0.667. The minimum absolute atomic E-state index is 0.0234. The maximum atomic E-state index is 13.1. The average molecular weight is 370 g/mol. The van der Waals surface area contributed by atoms with Crippen LogP contribution in [0, 0.1) is 5.41 Å². The van der Waals surface area contributed by atoms with Gasteiger partial charge in [-0.3, -0.25) is 4.79 Å². The van der Waals surface area contributed by atoms with Crippen molar-refractivity contribution in [1.29, 1.82) is 0 Å². The highest BCUT2D eigenvalue weighted by Gasteiger charge is 2.37. The molecule has 1 amide bonds. The predicted octanol–water partition coefficient (Wildman–Crippen LogP) is 1.15. The molecular weight excluding hydrogens is 344 g/mol. The van der Waals surface area contributed by atoms with Gasteiger partial charge < -0.3 is 9.80 Å². The minimum Gasteiger partial charge on any atom is -0.339 e. The van der Waals surface area contributed by atoms with Gasteiger partial charge in [-0.25, -0.2) is 14.6 Å². The van der Waals surface area contributed by atoms with Gasteiger partial charge in [0.2, 0.25) is 11.9 Å². The smallest absolute Gasteiger partial charge is 0.225 e. The Hall–Kier alpha value is -2.58. The molecule has 0 unspecified atom stereocenters. The number of hydrogen-bond donors (Lipinski definition) is 0. The zero-order chi connectivity index (χ0) is 18.5. The molecule has 0 aromatic carbocycles. The maximum Gasteiger partial charge on any atom is 0.225 e. The van der Waals surface area contributed by atoms with E-state index in [0.717, 1.165) is 51.5 Å². The molecule has 1 aliphatic heterocycles. The van der Waals surface area contributed by atoms with Gasteiger partial charge >= 0.3 is 0 Å². The number of anilines is 1. The van der Waals surface area contributed by atoms with Crippen molar-refractivity contribution in [2.24, 2.45) is 5.41 Å². The van der Waals surface area contributed by atoms with E-state index in [1.54, 1.807) is 23.4 Å². The third-order valence-corrected chi connectivity index (χ3v) is 5.80. The molecule has 0 bridgehead atoms. The summed E-state index contributed by atoms with van der Waals surface area (Å²) in [5.41, 5.74) is -0.0234. The minimum atomic E-state index is -0.0234. The van der Waals surface area contributed by atoms with E-state index >= 15 is 0 Å². The van der Waals surface area contributed by atoms with Gasteiger partial charge in [-0.2, -0.15) is 0 Å². The highest BCUT2D eigenvalue weighted by Crippen LogP contribution is 2.41. The molecule has 3 heterocycles. The normalized spacial score (nSPS) is 19.9. The first kappa shape index (κ1) is 17.8. The number of carbonyl (C=O) groups excluding carboxylic acids is 1. The van der Waals surface area contributed by atoms with Gasteiger partial charge in [0.15, 0.2) is 0 Å². The fourth-order valence-corrected chi connectivity index (χ4v) is 4.33. The lowest BCUT2D eigenvalue weighted by atomic mass is 9.71. The number of hydrogen-bond acceptors (Lipinski definition) is 7. The second kappa shape index (κ2) is 7.98. The van der Waals surface area contributed by atoms with Gasteiger partial charge in [-0.15, -0.1) is 5.10 Å². The van der Waals surface area contributed by atoms with E-state index in [9.17, 15) is 4.79 Å². The summed E-state index contributed by atoms with van der Waals surface area (Å²) in [4.78, 5) is 25.8. The lowest BCUT2D eigenvalue weighted by Gasteiger charge is -2.40. The molecule has 2 aromatic heterocycles. The van der Waals surface area contributed by atoms with Crippen LogP contribution in [-0.2, 0) is 11.3 Å². The number of nitrogens with zero attached hydrogens (tertiary/aromatic N) is 8. The number of piperazine rings is 1. The van der Waals surface area contributed by atoms with Crippen molar-refractivity contribution in [2.75, 3.05) is 31.1 Å². The monoisotopic (exact) mass is 370 g/mol. The van der Waals surface area contributed by atoms with Crippen molar-refractivity contribution in [2.45, 2.75) is 45.1 Å². The molecule has 2 fully saturated rings. The van der Waals surface area contributed by atoms with Gasteiger partial charge in [-0.1, -0.05) is 19.3 Å². The Morgan fingerprint density at radius 3 is 2.44 bits per heavy atom. The van der Waals surface area contributed by atoms with Crippen LogP contribution in [0.25, 0.3) is 0 Å². The van der Waals surface area contributed by atoms with Gasteiger partial charge in [0.25, 0.3) is 0 Å². The van der Waals surface area contributed by atoms with Crippen molar-refractivity contribution >= 4 is 11.9 Å². The van der Waals surface area contributed by atoms with Crippen molar-refractivity contribution in [1.82, 2.24) is 35.1 Å². The predicted molar refractivity (Wildman–Crippen MR) is 98.8 cm³/mol. The lowest BCUT2D eigenvalue weighted by molar-refractivity contribution is -0.135. The molecule has 9 heteroatoms. The van der Waals surface area contributed by atoms with E-state index < -0.39 is 0 Å². The molecule has 9 nitrogen and oxygen atoms in total. The largest absolute Gasteiger partial charge is 0.339 e. The molecule has 1 saturated carbocycles. The molecule has 0 atom stereocenters. The number of aromatic nitrogens is 6. The number of tetrazole rings is 1. The zero-order valence-corrected chi connectivity index (χ0v) is 15.6. The number of amides is 1. The van der Waals surface area contributed by atoms with Crippen LogP contribution in [0.2, 0.25) is 0 Å². The number of rotatable bonds is 5. The molecule has 0 radical (unpaired) electrons. The lowest BCUT2D eigenvalue weighted by Crippen LogP contribution is -2.50. The van der Waals surface area contributed by atoms with Gasteiger partial charge in [0, 0.05) is 45.0 Å². The Bertz CT molecular complexity index is 721. The Balaban J connectivity index is 1.37. The van der Waals surface area contributed by atoms with Crippen LogP contribution in [0.1, 0.15) is 38.5 Å². The van der Waals surface area contributed by atoms with E-state index in [4.69, 9.17) is 0 Å². The third-order valence-electron chi connectivity index (χ3n) is 5.80. The quantitative estimate of drug-likeness (QED) is 0.779. The molecular formula is C18H26N8O. The van der Waals surface area contributed by atoms with Crippen molar-refractivity contribution in [3.8, 4) is 0 Å². The zero-order valence-electron chi connectivity index (χ0n) is 15.6. The molecule has 1 aliphatic carbocycles.